The Kier molecular flexibility index (Phi) is 4.02. The molecule has 2 aromatic carbocycles. The maximum Gasteiger partial charge on any atom is 0.267 e. The van der Waals surface area contributed by atoms with Crippen molar-refractivity contribution in [1.29, 1.82) is 0 Å². The molecule has 0 spiro atoms. The van der Waals surface area contributed by atoms with Gasteiger partial charge in [-0.25, -0.2) is 15.0 Å². The number of hydrogen-bond donors (Lipinski definition) is 1. The predicted octanol–water partition coefficient (Wildman–Crippen LogP) is 3.66. The van der Waals surface area contributed by atoms with Crippen molar-refractivity contribution in [1.82, 2.24) is 19.5 Å². The van der Waals surface area contributed by atoms with Crippen molar-refractivity contribution in [2.24, 2.45) is 5.73 Å². The first-order valence-corrected chi connectivity index (χ1v) is 9.26. The standard InChI is InChI=1S/C23H17N5O/c24-22(29)20-16-9-4-5-10-17(16)21(19(27-20)13-15-7-2-1-3-8-15)28-14-26-18-11-6-12-25-23(18)28/h1-12,14H,13H2,(H2,24,29). The molecule has 0 atom stereocenters. The Hall–Kier alpha value is -4.06. The van der Waals surface area contributed by atoms with Gasteiger partial charge in [0, 0.05) is 23.4 Å². The molecule has 2 N–H and O–H groups in total. The van der Waals surface area contributed by atoms with Crippen LogP contribution in [0.1, 0.15) is 21.7 Å². The zero-order valence-corrected chi connectivity index (χ0v) is 15.5. The van der Waals surface area contributed by atoms with Crippen molar-refractivity contribution in [3.63, 3.8) is 0 Å². The van der Waals surface area contributed by atoms with E-state index in [2.05, 4.69) is 9.97 Å². The summed E-state index contributed by atoms with van der Waals surface area (Å²) in [4.78, 5) is 25.9. The summed E-state index contributed by atoms with van der Waals surface area (Å²) in [5.74, 6) is -0.546. The Morgan fingerprint density at radius 1 is 0.897 bits per heavy atom. The maximum absolute atomic E-state index is 12.2. The van der Waals surface area contributed by atoms with Gasteiger partial charge in [0.2, 0.25) is 0 Å². The van der Waals surface area contributed by atoms with Gasteiger partial charge in [0.15, 0.2) is 5.65 Å². The van der Waals surface area contributed by atoms with E-state index in [1.165, 1.54) is 0 Å². The van der Waals surface area contributed by atoms with E-state index in [1.807, 2.05) is 71.3 Å². The van der Waals surface area contributed by atoms with Crippen LogP contribution in [0.25, 0.3) is 27.6 Å². The first kappa shape index (κ1) is 17.1. The average molecular weight is 379 g/mol. The topological polar surface area (TPSA) is 86.7 Å². The third-order valence-corrected chi connectivity index (χ3v) is 4.95. The number of amides is 1. The molecule has 140 valence electrons. The smallest absolute Gasteiger partial charge is 0.267 e. The van der Waals surface area contributed by atoms with Gasteiger partial charge in [-0.2, -0.15) is 0 Å². The van der Waals surface area contributed by atoms with Gasteiger partial charge >= 0.3 is 0 Å². The summed E-state index contributed by atoms with van der Waals surface area (Å²) in [6.07, 6.45) is 4.04. The molecular weight excluding hydrogens is 362 g/mol. The number of pyridine rings is 2. The Bertz CT molecular complexity index is 1360. The van der Waals surface area contributed by atoms with E-state index in [0.717, 1.165) is 33.5 Å². The lowest BCUT2D eigenvalue weighted by Gasteiger charge is -2.16. The van der Waals surface area contributed by atoms with Crippen molar-refractivity contribution in [3.8, 4) is 5.69 Å². The summed E-state index contributed by atoms with van der Waals surface area (Å²) in [5.41, 5.74) is 10.2. The highest BCUT2D eigenvalue weighted by atomic mass is 16.1. The lowest BCUT2D eigenvalue weighted by atomic mass is 10.0. The molecule has 0 aliphatic rings. The van der Waals surface area contributed by atoms with Crippen LogP contribution >= 0.6 is 0 Å². The highest BCUT2D eigenvalue weighted by Gasteiger charge is 2.20. The number of imidazole rings is 1. The number of fused-ring (bicyclic) bond motifs is 2. The lowest BCUT2D eigenvalue weighted by molar-refractivity contribution is 0.0997. The molecule has 6 heteroatoms. The van der Waals surface area contributed by atoms with Gasteiger partial charge in [-0.05, 0) is 17.7 Å². The van der Waals surface area contributed by atoms with Gasteiger partial charge in [0.25, 0.3) is 5.91 Å². The maximum atomic E-state index is 12.2. The van der Waals surface area contributed by atoms with Crippen molar-refractivity contribution >= 4 is 27.8 Å². The summed E-state index contributed by atoms with van der Waals surface area (Å²) in [7, 11) is 0. The number of nitrogens with two attached hydrogens (primary N) is 1. The Labute approximate surface area is 166 Å². The minimum absolute atomic E-state index is 0.271. The molecule has 0 saturated heterocycles. The first-order valence-electron chi connectivity index (χ1n) is 9.26. The zero-order valence-electron chi connectivity index (χ0n) is 15.5. The van der Waals surface area contributed by atoms with Crippen LogP contribution in [0.4, 0.5) is 0 Å². The largest absolute Gasteiger partial charge is 0.364 e. The van der Waals surface area contributed by atoms with Gasteiger partial charge < -0.3 is 5.73 Å². The fraction of sp³-hybridized carbons (Fsp3) is 0.0435. The molecule has 3 aromatic heterocycles. The summed E-state index contributed by atoms with van der Waals surface area (Å²) in [5, 5.41) is 1.59. The quantitative estimate of drug-likeness (QED) is 0.516. The van der Waals surface area contributed by atoms with Crippen LogP contribution in [0.2, 0.25) is 0 Å². The molecule has 3 heterocycles. The molecule has 5 aromatic rings. The summed E-state index contributed by atoms with van der Waals surface area (Å²) in [6.45, 7) is 0. The van der Waals surface area contributed by atoms with E-state index in [0.29, 0.717) is 11.8 Å². The van der Waals surface area contributed by atoms with Gasteiger partial charge in [-0.1, -0.05) is 54.6 Å². The normalized spacial score (nSPS) is 11.2. The summed E-state index contributed by atoms with van der Waals surface area (Å²) in [6, 6.07) is 21.5. The number of nitrogens with zero attached hydrogens (tertiary/aromatic N) is 4. The molecule has 29 heavy (non-hydrogen) atoms. The monoisotopic (exact) mass is 379 g/mol. The number of hydrogen-bond acceptors (Lipinski definition) is 4. The summed E-state index contributed by atoms with van der Waals surface area (Å²) < 4.78 is 1.94. The van der Waals surface area contributed by atoms with Gasteiger partial charge in [-0.15, -0.1) is 0 Å². The van der Waals surface area contributed by atoms with Crippen LogP contribution in [0, 0.1) is 0 Å². The SMILES string of the molecule is NC(=O)c1nc(Cc2ccccc2)c(-n2cnc3cccnc32)c2ccccc12. The van der Waals surface area contributed by atoms with Crippen LogP contribution in [0.5, 0.6) is 0 Å². The zero-order chi connectivity index (χ0) is 19.8. The second-order valence-electron chi connectivity index (χ2n) is 6.79. The second-order valence-corrected chi connectivity index (χ2v) is 6.79. The van der Waals surface area contributed by atoms with Gasteiger partial charge in [-0.3, -0.25) is 9.36 Å². The molecule has 0 radical (unpaired) electrons. The number of carbonyl (C=O) groups excluding carboxylic acids is 1. The third kappa shape index (κ3) is 2.91. The van der Waals surface area contributed by atoms with E-state index in [9.17, 15) is 4.79 Å². The Morgan fingerprint density at radius 2 is 1.66 bits per heavy atom. The van der Waals surface area contributed by atoms with Gasteiger partial charge in [0.1, 0.15) is 17.5 Å². The van der Waals surface area contributed by atoms with Crippen LogP contribution < -0.4 is 5.73 Å². The van der Waals surface area contributed by atoms with Crippen LogP contribution in [0.15, 0.2) is 79.3 Å². The Morgan fingerprint density at radius 3 is 2.45 bits per heavy atom. The molecule has 6 nitrogen and oxygen atoms in total. The average Bonchev–Trinajstić information content (AvgIpc) is 3.17. The molecule has 0 unspecified atom stereocenters. The van der Waals surface area contributed by atoms with Crippen LogP contribution in [0.3, 0.4) is 0 Å². The minimum atomic E-state index is -0.546. The first-order chi connectivity index (χ1) is 14.2. The van der Waals surface area contributed by atoms with Crippen molar-refractivity contribution < 1.29 is 4.79 Å². The number of primary amides is 1. The highest BCUT2D eigenvalue weighted by molar-refractivity contribution is 6.07. The molecule has 1 amide bonds. The minimum Gasteiger partial charge on any atom is -0.364 e. The fourth-order valence-electron chi connectivity index (χ4n) is 3.68. The predicted molar refractivity (Wildman–Crippen MR) is 112 cm³/mol. The van der Waals surface area contributed by atoms with Crippen molar-refractivity contribution in [2.75, 3.05) is 0 Å². The van der Waals surface area contributed by atoms with E-state index in [4.69, 9.17) is 10.7 Å². The summed E-state index contributed by atoms with van der Waals surface area (Å²) >= 11 is 0. The molecule has 0 aliphatic heterocycles. The number of aromatic nitrogens is 4. The number of rotatable bonds is 4. The third-order valence-electron chi connectivity index (χ3n) is 4.95. The molecular formula is C23H17N5O. The van der Waals surface area contributed by atoms with Crippen molar-refractivity contribution in [2.45, 2.75) is 6.42 Å². The molecule has 0 fully saturated rings. The van der Waals surface area contributed by atoms with Crippen molar-refractivity contribution in [3.05, 3.63) is 96.2 Å². The van der Waals surface area contributed by atoms with E-state index in [-0.39, 0.29) is 5.69 Å². The Balaban J connectivity index is 1.86. The molecule has 5 rings (SSSR count). The lowest BCUT2D eigenvalue weighted by Crippen LogP contribution is -2.17. The fourth-order valence-corrected chi connectivity index (χ4v) is 3.68. The van der Waals surface area contributed by atoms with Crippen LogP contribution in [-0.2, 0) is 6.42 Å². The molecule has 0 aliphatic carbocycles. The van der Waals surface area contributed by atoms with E-state index >= 15 is 0 Å². The highest BCUT2D eigenvalue weighted by Crippen LogP contribution is 2.30. The van der Waals surface area contributed by atoms with E-state index < -0.39 is 5.91 Å². The van der Waals surface area contributed by atoms with Crippen LogP contribution in [-0.4, -0.2) is 25.4 Å². The molecule has 0 bridgehead atoms. The van der Waals surface area contributed by atoms with Gasteiger partial charge in [0.05, 0.1) is 11.4 Å². The second kappa shape index (κ2) is 6.83. The molecule has 0 saturated carbocycles. The number of carbonyl (C=O) groups is 1. The number of benzene rings is 2. The van der Waals surface area contributed by atoms with E-state index in [1.54, 1.807) is 12.5 Å².